The van der Waals surface area contributed by atoms with Crippen molar-refractivity contribution in [1.82, 2.24) is 15.4 Å². The maximum Gasteiger partial charge on any atom is 0.260 e. The van der Waals surface area contributed by atoms with Gasteiger partial charge in [0.15, 0.2) is 0 Å². The molecule has 10 nitrogen and oxygen atoms in total. The third kappa shape index (κ3) is 7.59. The minimum Gasteiger partial charge on any atom is -0.481 e. The summed E-state index contributed by atoms with van der Waals surface area (Å²) in [6, 6.07) is 17.4. The van der Waals surface area contributed by atoms with Crippen molar-refractivity contribution in [3.05, 3.63) is 76.8 Å². The molecule has 0 radical (unpaired) electrons. The Labute approximate surface area is 196 Å². The summed E-state index contributed by atoms with van der Waals surface area (Å²) < 4.78 is 39.6. The van der Waals surface area contributed by atoms with Crippen molar-refractivity contribution in [2.24, 2.45) is 4.40 Å². The SMILES string of the molecule is COc1cc(OC)nc(NC(=NS(=O)(=O)Cc2ccccc2Cl)NOCc2ccccc2)n1. The Kier molecular flexibility index (Phi) is 8.41. The number of sulfonamides is 1. The molecule has 2 aromatic carbocycles. The van der Waals surface area contributed by atoms with Crippen LogP contribution in [0.15, 0.2) is 65.1 Å². The largest absolute Gasteiger partial charge is 0.481 e. The Balaban J connectivity index is 1.84. The van der Waals surface area contributed by atoms with Crippen LogP contribution in [0.3, 0.4) is 0 Å². The number of anilines is 1. The fraction of sp³-hybridized carbons (Fsp3) is 0.190. The molecule has 3 rings (SSSR count). The van der Waals surface area contributed by atoms with Gasteiger partial charge >= 0.3 is 0 Å². The van der Waals surface area contributed by atoms with Gasteiger partial charge in [-0.1, -0.05) is 60.1 Å². The summed E-state index contributed by atoms with van der Waals surface area (Å²) in [5.74, 6) is -0.289. The van der Waals surface area contributed by atoms with Crippen molar-refractivity contribution in [2.45, 2.75) is 12.4 Å². The van der Waals surface area contributed by atoms with Crippen LogP contribution in [0.4, 0.5) is 5.95 Å². The van der Waals surface area contributed by atoms with E-state index in [1.807, 2.05) is 30.3 Å². The van der Waals surface area contributed by atoms with Crippen molar-refractivity contribution < 1.29 is 22.7 Å². The van der Waals surface area contributed by atoms with Crippen LogP contribution >= 0.6 is 11.6 Å². The van der Waals surface area contributed by atoms with Gasteiger partial charge in [0, 0.05) is 5.02 Å². The molecular formula is C21H22ClN5O5S. The molecule has 0 unspecified atom stereocenters. The topological polar surface area (TPSA) is 124 Å². The monoisotopic (exact) mass is 491 g/mol. The van der Waals surface area contributed by atoms with Crippen LogP contribution in [0.2, 0.25) is 5.02 Å². The molecule has 0 aliphatic heterocycles. The molecule has 0 atom stereocenters. The molecule has 1 aromatic heterocycles. The van der Waals surface area contributed by atoms with Crippen molar-refractivity contribution >= 4 is 33.5 Å². The highest BCUT2D eigenvalue weighted by Crippen LogP contribution is 2.19. The van der Waals surface area contributed by atoms with E-state index in [1.165, 1.54) is 20.3 Å². The van der Waals surface area contributed by atoms with Crippen LogP contribution in [-0.2, 0) is 27.2 Å². The lowest BCUT2D eigenvalue weighted by atomic mass is 10.2. The van der Waals surface area contributed by atoms with E-state index in [4.69, 9.17) is 25.9 Å². The molecule has 3 aromatic rings. The molecule has 2 N–H and O–H groups in total. The lowest BCUT2D eigenvalue weighted by molar-refractivity contribution is 0.0712. The minimum atomic E-state index is -4.02. The highest BCUT2D eigenvalue weighted by Gasteiger charge is 2.16. The third-order valence-electron chi connectivity index (χ3n) is 4.10. The van der Waals surface area contributed by atoms with Crippen molar-refractivity contribution in [3.8, 4) is 11.8 Å². The first kappa shape index (κ1) is 24.2. The number of rotatable bonds is 9. The maximum absolute atomic E-state index is 12.8. The molecule has 0 aliphatic rings. The summed E-state index contributed by atoms with van der Waals surface area (Å²) in [5, 5.41) is 3.01. The third-order valence-corrected chi connectivity index (χ3v) is 5.61. The number of hydrogen-bond donors (Lipinski definition) is 2. The van der Waals surface area contributed by atoms with Crippen molar-refractivity contribution in [3.63, 3.8) is 0 Å². The number of halogens is 1. The van der Waals surface area contributed by atoms with Gasteiger partial charge in [-0.05, 0) is 17.2 Å². The average molecular weight is 492 g/mol. The van der Waals surface area contributed by atoms with E-state index in [1.54, 1.807) is 24.3 Å². The number of nitrogens with zero attached hydrogens (tertiary/aromatic N) is 3. The van der Waals surface area contributed by atoms with E-state index in [-0.39, 0.29) is 30.3 Å². The first-order chi connectivity index (χ1) is 15.9. The number of benzene rings is 2. The second-order valence-electron chi connectivity index (χ2n) is 6.54. The van der Waals surface area contributed by atoms with Crippen LogP contribution in [0.25, 0.3) is 0 Å². The molecule has 0 spiro atoms. The standard InChI is InChI=1S/C21H22ClN5O5S/c1-30-18-12-19(31-2)24-20(23-18)25-21(26-32-13-15-8-4-3-5-9-15)27-33(28,29)14-16-10-6-7-11-17(16)22/h3-12H,13-14H2,1-2H3,(H2,23,24,25,26,27). The van der Waals surface area contributed by atoms with Crippen molar-refractivity contribution in [2.75, 3.05) is 19.5 Å². The van der Waals surface area contributed by atoms with Crippen LogP contribution in [-0.4, -0.2) is 38.6 Å². The number of methoxy groups -OCH3 is 2. The quantitative estimate of drug-likeness (QED) is 0.264. The van der Waals surface area contributed by atoms with Gasteiger partial charge in [0.2, 0.25) is 23.7 Å². The molecule has 33 heavy (non-hydrogen) atoms. The minimum absolute atomic E-state index is 0.0197. The van der Waals surface area contributed by atoms with E-state index in [2.05, 4.69) is 25.2 Å². The molecule has 0 aliphatic carbocycles. The van der Waals surface area contributed by atoms with E-state index < -0.39 is 15.8 Å². The van der Waals surface area contributed by atoms with E-state index in [9.17, 15) is 8.42 Å². The molecule has 0 saturated heterocycles. The van der Waals surface area contributed by atoms with Gasteiger partial charge in [0.05, 0.1) is 32.6 Å². The summed E-state index contributed by atoms with van der Waals surface area (Å²) in [5.41, 5.74) is 3.79. The van der Waals surface area contributed by atoms with Gasteiger partial charge in [-0.2, -0.15) is 9.97 Å². The predicted octanol–water partition coefficient (Wildman–Crippen LogP) is 3.17. The predicted molar refractivity (Wildman–Crippen MR) is 125 cm³/mol. The lowest BCUT2D eigenvalue weighted by Gasteiger charge is -2.13. The highest BCUT2D eigenvalue weighted by molar-refractivity contribution is 7.89. The maximum atomic E-state index is 12.8. The Morgan fingerprint density at radius 1 is 1.00 bits per heavy atom. The molecule has 0 saturated carbocycles. The zero-order valence-corrected chi connectivity index (χ0v) is 19.4. The van der Waals surface area contributed by atoms with Gasteiger partial charge in [0.1, 0.15) is 0 Å². The fourth-order valence-corrected chi connectivity index (χ4v) is 3.94. The number of guanidine groups is 1. The molecule has 0 bridgehead atoms. The summed E-state index contributed by atoms with van der Waals surface area (Å²) in [6.07, 6.45) is 0. The molecular weight excluding hydrogens is 470 g/mol. The fourth-order valence-electron chi connectivity index (χ4n) is 2.59. The summed E-state index contributed by atoms with van der Waals surface area (Å²) in [6.45, 7) is 0.147. The Morgan fingerprint density at radius 2 is 1.64 bits per heavy atom. The lowest BCUT2D eigenvalue weighted by Crippen LogP contribution is -2.32. The van der Waals surface area contributed by atoms with E-state index in [0.29, 0.717) is 10.6 Å². The first-order valence-electron chi connectivity index (χ1n) is 9.60. The van der Waals surface area contributed by atoms with E-state index in [0.717, 1.165) is 5.56 Å². The number of aromatic nitrogens is 2. The molecule has 1 heterocycles. The number of hydrogen-bond acceptors (Lipinski definition) is 7. The smallest absolute Gasteiger partial charge is 0.260 e. The molecule has 12 heteroatoms. The van der Waals surface area contributed by atoms with Crippen molar-refractivity contribution in [1.29, 1.82) is 0 Å². The van der Waals surface area contributed by atoms with Crippen LogP contribution < -0.4 is 20.3 Å². The van der Waals surface area contributed by atoms with Crippen LogP contribution in [0.1, 0.15) is 11.1 Å². The summed E-state index contributed by atoms with van der Waals surface area (Å²) in [7, 11) is -1.17. The summed E-state index contributed by atoms with van der Waals surface area (Å²) >= 11 is 6.10. The average Bonchev–Trinajstić information content (AvgIpc) is 2.80. The van der Waals surface area contributed by atoms with Gasteiger partial charge in [-0.15, -0.1) is 4.40 Å². The number of hydroxylamine groups is 1. The highest BCUT2D eigenvalue weighted by atomic mass is 35.5. The second kappa shape index (κ2) is 11.5. The van der Waals surface area contributed by atoms with Crippen LogP contribution in [0, 0.1) is 0 Å². The Bertz CT molecular complexity index is 1190. The zero-order chi connectivity index (χ0) is 23.7. The molecule has 174 valence electrons. The molecule has 0 fully saturated rings. The second-order valence-corrected chi connectivity index (χ2v) is 8.58. The normalized spacial score (nSPS) is 11.7. The number of ether oxygens (including phenoxy) is 2. The Morgan fingerprint density at radius 3 is 2.27 bits per heavy atom. The van der Waals surface area contributed by atoms with E-state index >= 15 is 0 Å². The number of nitrogens with one attached hydrogen (secondary N) is 2. The zero-order valence-electron chi connectivity index (χ0n) is 17.9. The molecule has 0 amide bonds. The summed E-state index contributed by atoms with van der Waals surface area (Å²) in [4.78, 5) is 13.7. The Hall–Kier alpha value is -3.41. The van der Waals surface area contributed by atoms with Gasteiger partial charge in [-0.25, -0.2) is 13.9 Å². The van der Waals surface area contributed by atoms with Crippen LogP contribution in [0.5, 0.6) is 11.8 Å². The first-order valence-corrected chi connectivity index (χ1v) is 11.6. The van der Waals surface area contributed by atoms with Gasteiger partial charge < -0.3 is 9.47 Å². The van der Waals surface area contributed by atoms with Gasteiger partial charge in [0.25, 0.3) is 10.0 Å². The van der Waals surface area contributed by atoms with Gasteiger partial charge in [-0.3, -0.25) is 10.2 Å².